The van der Waals surface area contributed by atoms with Gasteiger partial charge in [0.05, 0.1) is 23.3 Å². The maximum absolute atomic E-state index is 12.0. The fourth-order valence-electron chi connectivity index (χ4n) is 2.94. The Balaban J connectivity index is 2.05. The van der Waals surface area contributed by atoms with E-state index in [1.165, 1.54) is 11.8 Å². The van der Waals surface area contributed by atoms with Crippen molar-refractivity contribution in [2.45, 2.75) is 42.4 Å². The highest BCUT2D eigenvalue weighted by atomic mass is 32.2. The summed E-state index contributed by atoms with van der Waals surface area (Å²) in [6, 6.07) is 0. The number of rotatable bonds is 2. The average Bonchev–Trinajstić information content (AvgIpc) is 2.96. The number of aromatic nitrogens is 2. The fourth-order valence-corrected chi connectivity index (χ4v) is 4.37. The van der Waals surface area contributed by atoms with Crippen LogP contribution < -0.4 is 11.2 Å². The number of nitrogens with zero attached hydrogens (tertiary/aromatic N) is 1. The maximum Gasteiger partial charge on any atom is 0.329 e. The second-order valence-corrected chi connectivity index (χ2v) is 6.44. The normalized spacial score (nSPS) is 29.7. The summed E-state index contributed by atoms with van der Waals surface area (Å²) in [7, 11) is 0. The molecule has 0 saturated carbocycles. The molecule has 1 unspecified atom stereocenters. The highest BCUT2D eigenvalue weighted by molar-refractivity contribution is 8.00. The van der Waals surface area contributed by atoms with E-state index in [-0.39, 0.29) is 22.8 Å². The zero-order valence-corrected chi connectivity index (χ0v) is 11.2. The second kappa shape index (κ2) is 4.81. The van der Waals surface area contributed by atoms with Crippen LogP contribution >= 0.6 is 11.8 Å². The van der Waals surface area contributed by atoms with Crippen molar-refractivity contribution in [2.75, 3.05) is 6.61 Å². The van der Waals surface area contributed by atoms with Crippen LogP contribution in [0.2, 0.25) is 0 Å². The van der Waals surface area contributed by atoms with E-state index in [0.29, 0.717) is 18.4 Å². The van der Waals surface area contributed by atoms with Gasteiger partial charge in [0.25, 0.3) is 5.56 Å². The van der Waals surface area contributed by atoms with Gasteiger partial charge in [0, 0.05) is 17.7 Å². The first-order valence-electron chi connectivity index (χ1n) is 6.42. The van der Waals surface area contributed by atoms with Crippen LogP contribution in [0.25, 0.3) is 0 Å². The van der Waals surface area contributed by atoms with Gasteiger partial charge in [-0.3, -0.25) is 14.3 Å². The summed E-state index contributed by atoms with van der Waals surface area (Å²) in [4.78, 5) is 26.1. The van der Waals surface area contributed by atoms with Gasteiger partial charge in [-0.2, -0.15) is 0 Å². The van der Waals surface area contributed by atoms with Crippen molar-refractivity contribution < 1.29 is 10.2 Å². The van der Waals surface area contributed by atoms with E-state index >= 15 is 0 Å². The number of hydrogen-bond acceptors (Lipinski definition) is 5. The maximum atomic E-state index is 12.0. The van der Waals surface area contributed by atoms with Gasteiger partial charge in [0.2, 0.25) is 0 Å². The summed E-state index contributed by atoms with van der Waals surface area (Å²) in [6.45, 7) is -0.109. The number of nitrogens with one attached hydrogen (secondary N) is 1. The zero-order chi connectivity index (χ0) is 13.6. The predicted octanol–water partition coefficient (Wildman–Crippen LogP) is -0.617. The molecule has 3 N–H and O–H groups in total. The Morgan fingerprint density at radius 2 is 2.16 bits per heavy atom. The first-order valence-corrected chi connectivity index (χ1v) is 7.37. The van der Waals surface area contributed by atoms with E-state index in [2.05, 4.69) is 4.98 Å². The predicted molar refractivity (Wildman–Crippen MR) is 71.5 cm³/mol. The van der Waals surface area contributed by atoms with Gasteiger partial charge in [-0.15, -0.1) is 11.8 Å². The summed E-state index contributed by atoms with van der Waals surface area (Å²) >= 11 is 1.40. The molecule has 1 aromatic heterocycles. The van der Waals surface area contributed by atoms with E-state index in [9.17, 15) is 19.8 Å². The molecule has 2 heterocycles. The molecule has 19 heavy (non-hydrogen) atoms. The molecule has 0 spiro atoms. The Hall–Kier alpha value is -1.05. The molecule has 2 aliphatic rings. The summed E-state index contributed by atoms with van der Waals surface area (Å²) in [6.07, 6.45) is 2.12. The van der Waals surface area contributed by atoms with E-state index in [1.807, 2.05) is 0 Å². The third kappa shape index (κ3) is 2.05. The summed E-state index contributed by atoms with van der Waals surface area (Å²) in [5, 5.41) is 18.6. The summed E-state index contributed by atoms with van der Waals surface area (Å²) in [5.41, 5.74) is 0.809. The lowest BCUT2D eigenvalue weighted by molar-refractivity contribution is 0.137. The molecule has 7 heteroatoms. The number of aliphatic hydroxyl groups excluding tert-OH is 2. The summed E-state index contributed by atoms with van der Waals surface area (Å²) < 4.78 is 1.60. The largest absolute Gasteiger partial charge is 0.395 e. The first-order chi connectivity index (χ1) is 9.11. The average molecular weight is 284 g/mol. The smallest absolute Gasteiger partial charge is 0.329 e. The molecule has 1 saturated heterocycles. The Morgan fingerprint density at radius 3 is 2.84 bits per heavy atom. The third-order valence-corrected chi connectivity index (χ3v) is 5.40. The Kier molecular flexibility index (Phi) is 3.28. The van der Waals surface area contributed by atoms with Crippen LogP contribution in [0.1, 0.15) is 29.5 Å². The lowest BCUT2D eigenvalue weighted by Gasteiger charge is -2.17. The number of fused-ring (bicyclic) bond motifs is 1. The topological polar surface area (TPSA) is 95.3 Å². The minimum Gasteiger partial charge on any atom is -0.395 e. The van der Waals surface area contributed by atoms with Gasteiger partial charge < -0.3 is 10.2 Å². The Bertz CT molecular complexity index is 609. The van der Waals surface area contributed by atoms with E-state index in [1.54, 1.807) is 4.57 Å². The van der Waals surface area contributed by atoms with Crippen LogP contribution in [0.4, 0.5) is 0 Å². The lowest BCUT2D eigenvalue weighted by atomic mass is 10.2. The van der Waals surface area contributed by atoms with Crippen LogP contribution in [0.3, 0.4) is 0 Å². The molecule has 0 radical (unpaired) electrons. The van der Waals surface area contributed by atoms with Gasteiger partial charge in [0.1, 0.15) is 0 Å². The first kappa shape index (κ1) is 13.0. The minimum atomic E-state index is -0.615. The molecule has 104 valence electrons. The van der Waals surface area contributed by atoms with E-state index < -0.39 is 11.8 Å². The van der Waals surface area contributed by atoms with Crippen molar-refractivity contribution in [3.63, 3.8) is 0 Å². The zero-order valence-electron chi connectivity index (χ0n) is 10.3. The molecule has 1 aliphatic heterocycles. The van der Waals surface area contributed by atoms with Gasteiger partial charge >= 0.3 is 5.69 Å². The van der Waals surface area contributed by atoms with Crippen molar-refractivity contribution in [1.82, 2.24) is 9.55 Å². The van der Waals surface area contributed by atoms with Gasteiger partial charge in [-0.25, -0.2) is 4.79 Å². The standard InChI is InChI=1S/C12H16N2O4S/c15-5-9-8(16)4-10(19-9)14-7-3-1-2-6(7)11(17)13-12(14)18/h8-10,15-16H,1-5H2,(H,13,17,18)/t8-,9+,10?/m0/s1. The molecule has 6 nitrogen and oxygen atoms in total. The monoisotopic (exact) mass is 284 g/mol. The number of thioether (sulfide) groups is 1. The van der Waals surface area contributed by atoms with Crippen molar-refractivity contribution in [2.24, 2.45) is 0 Å². The number of H-pyrrole nitrogens is 1. The fraction of sp³-hybridized carbons (Fsp3) is 0.667. The van der Waals surface area contributed by atoms with Crippen molar-refractivity contribution in [3.8, 4) is 0 Å². The molecule has 3 rings (SSSR count). The van der Waals surface area contributed by atoms with Gasteiger partial charge in [-0.1, -0.05) is 0 Å². The molecule has 1 aromatic rings. The lowest BCUT2D eigenvalue weighted by Crippen LogP contribution is -2.35. The van der Waals surface area contributed by atoms with Crippen molar-refractivity contribution in [3.05, 3.63) is 32.1 Å². The summed E-state index contributed by atoms with van der Waals surface area (Å²) in [5.74, 6) is 0. The quantitative estimate of drug-likeness (QED) is 0.673. The van der Waals surface area contributed by atoms with Crippen LogP contribution in [-0.2, 0) is 12.8 Å². The van der Waals surface area contributed by atoms with Crippen LogP contribution in [-0.4, -0.2) is 37.7 Å². The van der Waals surface area contributed by atoms with Crippen LogP contribution in [0.15, 0.2) is 9.59 Å². The van der Waals surface area contributed by atoms with E-state index in [4.69, 9.17) is 0 Å². The Morgan fingerprint density at radius 1 is 1.37 bits per heavy atom. The van der Waals surface area contributed by atoms with E-state index in [0.717, 1.165) is 18.5 Å². The van der Waals surface area contributed by atoms with Crippen molar-refractivity contribution >= 4 is 11.8 Å². The number of aliphatic hydroxyl groups is 2. The molecule has 0 aromatic carbocycles. The second-order valence-electron chi connectivity index (χ2n) is 5.02. The number of hydrogen-bond donors (Lipinski definition) is 3. The molecule has 1 fully saturated rings. The van der Waals surface area contributed by atoms with Crippen LogP contribution in [0.5, 0.6) is 0 Å². The van der Waals surface area contributed by atoms with Gasteiger partial charge in [0.15, 0.2) is 0 Å². The molecule has 0 bridgehead atoms. The molecular weight excluding hydrogens is 268 g/mol. The number of aromatic amines is 1. The third-order valence-electron chi connectivity index (χ3n) is 3.86. The SMILES string of the molecule is O=c1[nH]c(=O)n(C2C[C@H](O)[C@@H](CO)S2)c2c1CCC2. The molecular formula is C12H16N2O4S. The Labute approximate surface area is 113 Å². The van der Waals surface area contributed by atoms with Gasteiger partial charge in [-0.05, 0) is 19.3 Å². The van der Waals surface area contributed by atoms with Crippen LogP contribution in [0, 0.1) is 0 Å². The molecule has 0 amide bonds. The molecule has 1 aliphatic carbocycles. The highest BCUT2D eigenvalue weighted by Gasteiger charge is 2.36. The molecule has 3 atom stereocenters. The minimum absolute atomic E-state index is 0.109. The van der Waals surface area contributed by atoms with Crippen molar-refractivity contribution in [1.29, 1.82) is 0 Å². The highest BCUT2D eigenvalue weighted by Crippen LogP contribution is 2.41.